The molecule has 3 nitrogen and oxygen atoms in total. The molecule has 1 unspecified atom stereocenters. The molecular formula is C11H12N2OS. The van der Waals surface area contributed by atoms with Crippen molar-refractivity contribution in [2.75, 3.05) is 0 Å². The van der Waals surface area contributed by atoms with Crippen LogP contribution >= 0.6 is 11.3 Å². The van der Waals surface area contributed by atoms with Gasteiger partial charge in [0.25, 0.3) is 0 Å². The van der Waals surface area contributed by atoms with Gasteiger partial charge in [0.15, 0.2) is 5.82 Å². The zero-order chi connectivity index (χ0) is 10.8. The summed E-state index contributed by atoms with van der Waals surface area (Å²) >= 11 is 1.61. The van der Waals surface area contributed by atoms with E-state index < -0.39 is 6.10 Å². The van der Waals surface area contributed by atoms with Gasteiger partial charge in [-0.2, -0.15) is 0 Å². The van der Waals surface area contributed by atoms with Crippen LogP contribution in [0, 0.1) is 6.92 Å². The second-order valence-corrected chi connectivity index (χ2v) is 4.34. The van der Waals surface area contributed by atoms with Crippen LogP contribution in [0.5, 0.6) is 0 Å². The van der Waals surface area contributed by atoms with Gasteiger partial charge in [-0.1, -0.05) is 6.07 Å². The lowest BCUT2D eigenvalue weighted by molar-refractivity contribution is 0.197. The average molecular weight is 220 g/mol. The molecular weight excluding hydrogens is 208 g/mol. The zero-order valence-electron chi connectivity index (χ0n) is 8.64. The normalized spacial score (nSPS) is 12.7. The molecule has 0 fully saturated rings. The van der Waals surface area contributed by atoms with Crippen molar-refractivity contribution in [2.24, 2.45) is 0 Å². The van der Waals surface area contributed by atoms with E-state index in [9.17, 15) is 5.11 Å². The molecule has 0 radical (unpaired) electrons. The Morgan fingerprint density at radius 3 is 2.80 bits per heavy atom. The molecule has 2 rings (SSSR count). The first-order chi connectivity index (χ1) is 7.18. The summed E-state index contributed by atoms with van der Waals surface area (Å²) in [5, 5.41) is 11.4. The minimum Gasteiger partial charge on any atom is -0.389 e. The Hall–Kier alpha value is -1.26. The summed E-state index contributed by atoms with van der Waals surface area (Å²) in [6, 6.07) is 3.96. The van der Waals surface area contributed by atoms with E-state index >= 15 is 0 Å². The fraction of sp³-hybridized carbons (Fsp3) is 0.273. The third kappa shape index (κ3) is 2.06. The minimum atomic E-state index is -0.512. The van der Waals surface area contributed by atoms with Gasteiger partial charge in [-0.3, -0.25) is 0 Å². The van der Waals surface area contributed by atoms with Crippen LogP contribution in [0.15, 0.2) is 23.7 Å². The molecule has 2 aromatic rings. The molecule has 0 saturated heterocycles. The Balaban J connectivity index is 2.42. The fourth-order valence-electron chi connectivity index (χ4n) is 1.41. The van der Waals surface area contributed by atoms with Crippen molar-refractivity contribution in [3.8, 4) is 10.7 Å². The summed E-state index contributed by atoms with van der Waals surface area (Å²) in [6.45, 7) is 3.61. The summed E-state index contributed by atoms with van der Waals surface area (Å²) < 4.78 is 0. The topological polar surface area (TPSA) is 46.0 Å². The molecule has 2 heterocycles. The third-order valence-corrected chi connectivity index (χ3v) is 3.07. The third-order valence-electron chi connectivity index (χ3n) is 2.21. The monoisotopic (exact) mass is 220 g/mol. The first-order valence-electron chi connectivity index (χ1n) is 4.74. The number of hydrogen-bond donors (Lipinski definition) is 1. The zero-order valence-corrected chi connectivity index (χ0v) is 9.45. The number of aryl methyl sites for hydroxylation is 1. The van der Waals surface area contributed by atoms with E-state index in [4.69, 9.17) is 0 Å². The maximum Gasteiger partial charge on any atom is 0.169 e. The number of aliphatic hydroxyl groups is 1. The number of aromatic nitrogens is 2. The Morgan fingerprint density at radius 2 is 2.27 bits per heavy atom. The quantitative estimate of drug-likeness (QED) is 0.846. The summed E-state index contributed by atoms with van der Waals surface area (Å²) in [6.07, 6.45) is 1.18. The molecule has 0 saturated carbocycles. The van der Waals surface area contributed by atoms with Gasteiger partial charge in [-0.15, -0.1) is 11.3 Å². The lowest BCUT2D eigenvalue weighted by Crippen LogP contribution is -2.00. The van der Waals surface area contributed by atoms with Crippen molar-refractivity contribution in [1.82, 2.24) is 9.97 Å². The molecule has 0 bridgehead atoms. The Bertz CT molecular complexity index is 452. The van der Waals surface area contributed by atoms with Crippen molar-refractivity contribution in [3.63, 3.8) is 0 Å². The highest BCUT2D eigenvalue weighted by Crippen LogP contribution is 2.23. The Kier molecular flexibility index (Phi) is 2.79. The van der Waals surface area contributed by atoms with Gasteiger partial charge >= 0.3 is 0 Å². The standard InChI is InChI=1S/C11H12N2OS/c1-7-9(8(2)14)6-12-11(13-7)10-4-3-5-15-10/h3-6,8,14H,1-2H3. The van der Waals surface area contributed by atoms with Gasteiger partial charge in [-0.25, -0.2) is 9.97 Å². The Morgan fingerprint density at radius 1 is 1.47 bits per heavy atom. The van der Waals surface area contributed by atoms with Crippen molar-refractivity contribution >= 4 is 11.3 Å². The summed E-state index contributed by atoms with van der Waals surface area (Å²) in [4.78, 5) is 9.67. The summed E-state index contributed by atoms with van der Waals surface area (Å²) in [5.41, 5.74) is 1.62. The van der Waals surface area contributed by atoms with Crippen LogP contribution in [0.1, 0.15) is 24.3 Å². The summed E-state index contributed by atoms with van der Waals surface area (Å²) in [5.74, 6) is 0.729. The lowest BCUT2D eigenvalue weighted by atomic mass is 10.1. The Labute approximate surface area is 92.5 Å². The minimum absolute atomic E-state index is 0.512. The fourth-order valence-corrected chi connectivity index (χ4v) is 2.08. The molecule has 2 aromatic heterocycles. The highest BCUT2D eigenvalue weighted by atomic mass is 32.1. The van der Waals surface area contributed by atoms with Crippen LogP contribution in [0.3, 0.4) is 0 Å². The molecule has 1 N–H and O–H groups in total. The smallest absolute Gasteiger partial charge is 0.169 e. The van der Waals surface area contributed by atoms with Crippen LogP contribution in [0.25, 0.3) is 10.7 Å². The molecule has 0 spiro atoms. The molecule has 1 atom stereocenters. The average Bonchev–Trinajstić information content (AvgIpc) is 2.69. The van der Waals surface area contributed by atoms with Crippen molar-refractivity contribution in [3.05, 3.63) is 35.0 Å². The highest BCUT2D eigenvalue weighted by molar-refractivity contribution is 7.13. The number of rotatable bonds is 2. The van der Waals surface area contributed by atoms with Crippen molar-refractivity contribution in [2.45, 2.75) is 20.0 Å². The van der Waals surface area contributed by atoms with Gasteiger partial charge in [0.2, 0.25) is 0 Å². The van der Waals surface area contributed by atoms with Crippen LogP contribution in [0.4, 0.5) is 0 Å². The van der Waals surface area contributed by atoms with Gasteiger partial charge in [0, 0.05) is 17.5 Å². The van der Waals surface area contributed by atoms with E-state index in [1.807, 2.05) is 24.4 Å². The van der Waals surface area contributed by atoms with Gasteiger partial charge in [0.05, 0.1) is 11.0 Å². The van der Waals surface area contributed by atoms with Gasteiger partial charge < -0.3 is 5.11 Å². The van der Waals surface area contributed by atoms with Crippen LogP contribution in [-0.4, -0.2) is 15.1 Å². The van der Waals surface area contributed by atoms with Gasteiger partial charge in [-0.05, 0) is 25.3 Å². The predicted molar refractivity (Wildman–Crippen MR) is 60.7 cm³/mol. The largest absolute Gasteiger partial charge is 0.389 e. The van der Waals surface area contributed by atoms with Crippen molar-refractivity contribution < 1.29 is 5.11 Å². The van der Waals surface area contributed by atoms with E-state index in [-0.39, 0.29) is 0 Å². The van der Waals surface area contributed by atoms with Crippen LogP contribution in [-0.2, 0) is 0 Å². The first-order valence-corrected chi connectivity index (χ1v) is 5.62. The van der Waals surface area contributed by atoms with Gasteiger partial charge in [0.1, 0.15) is 0 Å². The van der Waals surface area contributed by atoms with Crippen LogP contribution < -0.4 is 0 Å². The maximum atomic E-state index is 9.45. The number of thiophene rings is 1. The van der Waals surface area contributed by atoms with Crippen LogP contribution in [0.2, 0.25) is 0 Å². The summed E-state index contributed by atoms with van der Waals surface area (Å²) in [7, 11) is 0. The second kappa shape index (κ2) is 4.08. The molecule has 0 aliphatic heterocycles. The maximum absolute atomic E-state index is 9.45. The number of nitrogens with zero attached hydrogens (tertiary/aromatic N) is 2. The van der Waals surface area contributed by atoms with E-state index in [1.165, 1.54) is 0 Å². The molecule has 0 aromatic carbocycles. The number of hydrogen-bond acceptors (Lipinski definition) is 4. The molecule has 0 aliphatic carbocycles. The molecule has 78 valence electrons. The SMILES string of the molecule is Cc1nc(-c2cccs2)ncc1C(C)O. The predicted octanol–water partition coefficient (Wildman–Crippen LogP) is 2.57. The molecule has 0 amide bonds. The molecule has 15 heavy (non-hydrogen) atoms. The van der Waals surface area contributed by atoms with E-state index in [0.717, 1.165) is 22.0 Å². The molecule has 4 heteroatoms. The van der Waals surface area contributed by atoms with E-state index in [1.54, 1.807) is 24.5 Å². The van der Waals surface area contributed by atoms with E-state index in [2.05, 4.69) is 9.97 Å². The van der Waals surface area contributed by atoms with E-state index in [0.29, 0.717) is 0 Å². The van der Waals surface area contributed by atoms with Crippen molar-refractivity contribution in [1.29, 1.82) is 0 Å². The molecule has 0 aliphatic rings. The lowest BCUT2D eigenvalue weighted by Gasteiger charge is -2.07. The second-order valence-electron chi connectivity index (χ2n) is 3.39. The highest BCUT2D eigenvalue weighted by Gasteiger charge is 2.09. The number of aliphatic hydroxyl groups excluding tert-OH is 1. The first kappa shape index (κ1) is 10.3.